The Kier molecular flexibility index (Phi) is 10.4. The van der Waals surface area contributed by atoms with Crippen LogP contribution < -0.4 is 9.80 Å². The van der Waals surface area contributed by atoms with Crippen LogP contribution in [0.15, 0.2) is 60.7 Å². The van der Waals surface area contributed by atoms with Gasteiger partial charge >= 0.3 is 0 Å². The van der Waals surface area contributed by atoms with Crippen molar-refractivity contribution in [3.63, 3.8) is 0 Å². The molecule has 4 heteroatoms. The largest absolute Gasteiger partial charge is 0.373 e. The Balaban J connectivity index is 0.000000359. The molecule has 0 fully saturated rings. The van der Waals surface area contributed by atoms with Crippen molar-refractivity contribution in [3.8, 4) is 0 Å². The Hall–Kier alpha value is -2.04. The molecule has 0 aromatic heterocycles. The lowest BCUT2D eigenvalue weighted by atomic mass is 10.3. The first kappa shape index (κ1) is 22.0. The maximum absolute atomic E-state index is 2.28. The fraction of sp³-hybridized carbons (Fsp3) is 0.455. The monoisotopic (exact) mass is 356 g/mol. The van der Waals surface area contributed by atoms with E-state index in [1.807, 2.05) is 12.1 Å². The van der Waals surface area contributed by atoms with Crippen LogP contribution in [-0.2, 0) is 0 Å². The molecule has 2 aromatic rings. The molecule has 0 radical (unpaired) electrons. The second kappa shape index (κ2) is 12.3. The number of nitrogens with zero attached hydrogens (tertiary/aromatic N) is 4. The summed E-state index contributed by atoms with van der Waals surface area (Å²) in [7, 11) is 12.6. The van der Waals surface area contributed by atoms with Gasteiger partial charge in [0, 0.05) is 51.6 Å². The van der Waals surface area contributed by atoms with Crippen molar-refractivity contribution in [2.45, 2.75) is 0 Å². The second-order valence-electron chi connectivity index (χ2n) is 7.12. The molecule has 0 saturated heterocycles. The molecule has 4 nitrogen and oxygen atoms in total. The van der Waals surface area contributed by atoms with E-state index in [4.69, 9.17) is 0 Å². The van der Waals surface area contributed by atoms with Gasteiger partial charge in [0.2, 0.25) is 0 Å². The van der Waals surface area contributed by atoms with E-state index in [-0.39, 0.29) is 0 Å². The maximum atomic E-state index is 2.28. The Morgan fingerprint density at radius 2 is 0.769 bits per heavy atom. The highest BCUT2D eigenvalue weighted by molar-refractivity contribution is 5.47. The molecule has 0 bridgehead atoms. The molecule has 144 valence electrons. The van der Waals surface area contributed by atoms with Gasteiger partial charge in [0.15, 0.2) is 0 Å². The fourth-order valence-corrected chi connectivity index (χ4v) is 2.32. The van der Waals surface area contributed by atoms with Crippen molar-refractivity contribution in [3.05, 3.63) is 60.7 Å². The lowest BCUT2D eigenvalue weighted by Crippen LogP contribution is -2.30. The highest BCUT2D eigenvalue weighted by Crippen LogP contribution is 2.13. The number of likely N-dealkylation sites (N-methyl/N-ethyl adjacent to an activating group) is 4. The van der Waals surface area contributed by atoms with Gasteiger partial charge in [-0.25, -0.2) is 0 Å². The van der Waals surface area contributed by atoms with E-state index >= 15 is 0 Å². The number of para-hydroxylation sites is 2. The SMILES string of the molecule is CN(C)CCN(C)C.CN(CCN(C)c1ccccc1)c1ccccc1. The summed E-state index contributed by atoms with van der Waals surface area (Å²) in [5, 5.41) is 0. The molecule has 0 heterocycles. The van der Waals surface area contributed by atoms with E-state index in [9.17, 15) is 0 Å². The van der Waals surface area contributed by atoms with Crippen LogP contribution in [-0.4, -0.2) is 78.3 Å². The standard InChI is InChI=1S/C16H20N2.C6H16N2/c1-17(15-9-5-3-6-10-15)13-14-18(2)16-11-7-4-8-12-16;1-7(2)5-6-8(3)4/h3-12H,13-14H2,1-2H3;5-6H2,1-4H3. The van der Waals surface area contributed by atoms with Gasteiger partial charge in [-0.2, -0.15) is 0 Å². The third-order valence-corrected chi connectivity index (χ3v) is 4.16. The molecular weight excluding hydrogens is 320 g/mol. The Morgan fingerprint density at radius 3 is 1.04 bits per heavy atom. The van der Waals surface area contributed by atoms with Crippen LogP contribution >= 0.6 is 0 Å². The quantitative estimate of drug-likeness (QED) is 0.719. The van der Waals surface area contributed by atoms with Gasteiger partial charge in [-0.05, 0) is 52.5 Å². The summed E-state index contributed by atoms with van der Waals surface area (Å²) >= 11 is 0. The molecule has 26 heavy (non-hydrogen) atoms. The second-order valence-corrected chi connectivity index (χ2v) is 7.12. The van der Waals surface area contributed by atoms with E-state index in [2.05, 4.69) is 110 Å². The Morgan fingerprint density at radius 1 is 0.462 bits per heavy atom. The van der Waals surface area contributed by atoms with Crippen molar-refractivity contribution >= 4 is 11.4 Å². The molecule has 2 rings (SSSR count). The molecule has 0 atom stereocenters. The zero-order chi connectivity index (χ0) is 19.4. The average molecular weight is 357 g/mol. The summed E-state index contributed by atoms with van der Waals surface area (Å²) in [4.78, 5) is 8.92. The third kappa shape index (κ3) is 9.44. The summed E-state index contributed by atoms with van der Waals surface area (Å²) in [6, 6.07) is 21.0. The lowest BCUT2D eigenvalue weighted by molar-refractivity contribution is 0.320. The van der Waals surface area contributed by atoms with Crippen molar-refractivity contribution in [2.24, 2.45) is 0 Å². The van der Waals surface area contributed by atoms with Gasteiger partial charge in [0.25, 0.3) is 0 Å². The minimum absolute atomic E-state index is 1.01. The van der Waals surface area contributed by atoms with Gasteiger partial charge in [-0.1, -0.05) is 36.4 Å². The molecule has 0 N–H and O–H groups in total. The van der Waals surface area contributed by atoms with E-state index in [0.29, 0.717) is 0 Å². The van der Waals surface area contributed by atoms with Gasteiger partial charge in [0.05, 0.1) is 0 Å². The van der Waals surface area contributed by atoms with Crippen molar-refractivity contribution in [1.29, 1.82) is 0 Å². The summed E-state index contributed by atoms with van der Waals surface area (Å²) < 4.78 is 0. The number of anilines is 2. The minimum Gasteiger partial charge on any atom is -0.373 e. The zero-order valence-electron chi connectivity index (χ0n) is 17.4. The van der Waals surface area contributed by atoms with Crippen molar-refractivity contribution in [1.82, 2.24) is 9.80 Å². The normalized spacial score (nSPS) is 10.5. The number of rotatable bonds is 8. The first-order chi connectivity index (χ1) is 12.4. The van der Waals surface area contributed by atoms with Crippen LogP contribution in [0.4, 0.5) is 11.4 Å². The predicted molar refractivity (Wildman–Crippen MR) is 117 cm³/mol. The van der Waals surface area contributed by atoms with Crippen LogP contribution in [0.5, 0.6) is 0 Å². The highest BCUT2D eigenvalue weighted by atomic mass is 15.2. The van der Waals surface area contributed by atoms with Gasteiger partial charge in [-0.15, -0.1) is 0 Å². The number of hydrogen-bond acceptors (Lipinski definition) is 4. The number of benzene rings is 2. The highest BCUT2D eigenvalue weighted by Gasteiger charge is 2.03. The molecule has 0 unspecified atom stereocenters. The van der Waals surface area contributed by atoms with E-state index < -0.39 is 0 Å². The first-order valence-corrected chi connectivity index (χ1v) is 9.22. The van der Waals surface area contributed by atoms with Gasteiger partial charge in [0.1, 0.15) is 0 Å². The zero-order valence-corrected chi connectivity index (χ0v) is 17.4. The third-order valence-electron chi connectivity index (χ3n) is 4.16. The van der Waals surface area contributed by atoms with Gasteiger partial charge in [-0.3, -0.25) is 0 Å². The van der Waals surface area contributed by atoms with E-state index in [1.165, 1.54) is 11.4 Å². The molecule has 0 saturated carbocycles. The molecule has 0 spiro atoms. The molecule has 0 amide bonds. The Labute approximate surface area is 160 Å². The fourth-order valence-electron chi connectivity index (χ4n) is 2.32. The molecule has 0 aliphatic heterocycles. The topological polar surface area (TPSA) is 13.0 Å². The molecule has 0 aliphatic carbocycles. The smallest absolute Gasteiger partial charge is 0.0364 e. The van der Waals surface area contributed by atoms with Crippen molar-refractivity contribution < 1.29 is 0 Å². The van der Waals surface area contributed by atoms with Crippen LogP contribution in [0.25, 0.3) is 0 Å². The first-order valence-electron chi connectivity index (χ1n) is 9.22. The summed E-state index contributed by atoms with van der Waals surface area (Å²) in [5.41, 5.74) is 2.53. The Bertz CT molecular complexity index is 516. The summed E-state index contributed by atoms with van der Waals surface area (Å²) in [6.45, 7) is 4.31. The van der Waals surface area contributed by atoms with E-state index in [1.54, 1.807) is 0 Å². The van der Waals surface area contributed by atoms with Crippen molar-refractivity contribution in [2.75, 3.05) is 78.3 Å². The maximum Gasteiger partial charge on any atom is 0.0364 e. The van der Waals surface area contributed by atoms with Crippen LogP contribution in [0.1, 0.15) is 0 Å². The molecule has 0 aliphatic rings. The lowest BCUT2D eigenvalue weighted by Gasteiger charge is -2.25. The average Bonchev–Trinajstić information content (AvgIpc) is 2.66. The summed E-state index contributed by atoms with van der Waals surface area (Å²) in [5.74, 6) is 0. The molecular formula is C22H36N4. The van der Waals surface area contributed by atoms with Crippen LogP contribution in [0.3, 0.4) is 0 Å². The van der Waals surface area contributed by atoms with E-state index in [0.717, 1.165) is 26.2 Å². The number of hydrogen-bond donors (Lipinski definition) is 0. The summed E-state index contributed by atoms with van der Waals surface area (Å²) in [6.07, 6.45) is 0. The predicted octanol–water partition coefficient (Wildman–Crippen LogP) is 3.37. The van der Waals surface area contributed by atoms with Crippen LogP contribution in [0, 0.1) is 0 Å². The van der Waals surface area contributed by atoms with Crippen LogP contribution in [0.2, 0.25) is 0 Å². The minimum atomic E-state index is 1.01. The van der Waals surface area contributed by atoms with Gasteiger partial charge < -0.3 is 19.6 Å². The molecule has 2 aromatic carbocycles.